The lowest BCUT2D eigenvalue weighted by molar-refractivity contribution is -0.168. The van der Waals surface area contributed by atoms with Crippen molar-refractivity contribution in [1.29, 1.82) is 0 Å². The Labute approximate surface area is 205 Å². The van der Waals surface area contributed by atoms with Gasteiger partial charge in [-0.05, 0) is 91.3 Å². The lowest BCUT2D eigenvalue weighted by Crippen LogP contribution is -2.62. The lowest BCUT2D eigenvalue weighted by Gasteiger charge is -2.70. The number of carbonyl (C=O) groups excluding carboxylic acids is 2. The molecule has 0 aromatic heterocycles. The first-order valence-corrected chi connectivity index (χ1v) is 13.4. The molecule has 5 rings (SSSR count). The average molecular weight is 463 g/mol. The molecule has 3 nitrogen and oxygen atoms in total. The third-order valence-electron chi connectivity index (χ3n) is 11.9. The van der Waals surface area contributed by atoms with E-state index in [2.05, 4.69) is 46.8 Å². The molecule has 0 aromatic rings. The van der Waals surface area contributed by atoms with Crippen molar-refractivity contribution in [1.82, 2.24) is 0 Å². The van der Waals surface area contributed by atoms with Crippen molar-refractivity contribution in [2.75, 3.05) is 0 Å². The first kappa shape index (κ1) is 23.8. The van der Waals surface area contributed by atoms with Crippen LogP contribution in [0.25, 0.3) is 0 Å². The third kappa shape index (κ3) is 2.76. The summed E-state index contributed by atoms with van der Waals surface area (Å²) < 4.78 is 0. The molecule has 5 aliphatic rings. The van der Waals surface area contributed by atoms with Gasteiger partial charge in [0, 0.05) is 22.8 Å². The van der Waals surface area contributed by atoms with Crippen molar-refractivity contribution >= 4 is 11.6 Å². The summed E-state index contributed by atoms with van der Waals surface area (Å²) in [5.74, 6) is 0.570. The molecule has 0 spiro atoms. The van der Waals surface area contributed by atoms with Gasteiger partial charge in [0.1, 0.15) is 5.78 Å². The fourth-order valence-corrected chi connectivity index (χ4v) is 9.14. The van der Waals surface area contributed by atoms with Crippen LogP contribution in [0.1, 0.15) is 99.8 Å². The standard InChI is InChI=1S/C31H42O3/c1-8-25(33)28(4)12-11-27(3)13-15-30(6)23-10-9-20-19(2)26(34)22(32)17-21(20)29(23,5)14-16-31(30,7)24(27)18-28/h9-10,17,24,34H,8,11-16,18H2,1-7H3/t24-,27-,28-,29+,30-,31+/m1/s1. The number of ketones is 2. The van der Waals surface area contributed by atoms with Crippen LogP contribution < -0.4 is 0 Å². The average Bonchev–Trinajstić information content (AvgIpc) is 2.80. The van der Waals surface area contributed by atoms with Crippen LogP contribution in [0.15, 0.2) is 46.3 Å². The van der Waals surface area contributed by atoms with Gasteiger partial charge in [0.2, 0.25) is 5.78 Å². The summed E-state index contributed by atoms with van der Waals surface area (Å²) in [6, 6.07) is 0. The fraction of sp³-hybridized carbons (Fsp3) is 0.677. The number of aliphatic hydroxyl groups is 1. The first-order valence-electron chi connectivity index (χ1n) is 13.4. The van der Waals surface area contributed by atoms with E-state index in [1.54, 1.807) is 6.08 Å². The van der Waals surface area contributed by atoms with Gasteiger partial charge in [0.25, 0.3) is 0 Å². The van der Waals surface area contributed by atoms with Crippen LogP contribution in [0, 0.1) is 33.0 Å². The summed E-state index contributed by atoms with van der Waals surface area (Å²) in [7, 11) is 0. The van der Waals surface area contributed by atoms with Crippen LogP contribution in [0.2, 0.25) is 0 Å². The molecular weight excluding hydrogens is 420 g/mol. The zero-order valence-electron chi connectivity index (χ0n) is 22.2. The van der Waals surface area contributed by atoms with E-state index in [1.807, 2.05) is 13.8 Å². The second-order valence-electron chi connectivity index (χ2n) is 13.4. The highest BCUT2D eigenvalue weighted by Crippen LogP contribution is 2.75. The van der Waals surface area contributed by atoms with Gasteiger partial charge >= 0.3 is 0 Å². The molecule has 0 radical (unpaired) electrons. The zero-order chi connectivity index (χ0) is 24.9. The zero-order valence-corrected chi connectivity index (χ0v) is 22.2. The molecule has 6 atom stereocenters. The molecule has 3 heteroatoms. The highest BCUT2D eigenvalue weighted by Gasteiger charge is 2.67. The Kier molecular flexibility index (Phi) is 4.96. The summed E-state index contributed by atoms with van der Waals surface area (Å²) in [4.78, 5) is 25.7. The topological polar surface area (TPSA) is 54.4 Å². The number of hydrogen-bond donors (Lipinski definition) is 1. The molecule has 0 saturated heterocycles. The molecular formula is C31H42O3. The Bertz CT molecular complexity index is 1120. The van der Waals surface area contributed by atoms with Gasteiger partial charge in [0.05, 0.1) is 0 Å². The maximum Gasteiger partial charge on any atom is 0.220 e. The SMILES string of the molecule is CCC(=O)[C@]1(C)CC[C@]2(C)CC[C@]3(C)C4=CC=C5C(=CC(=O)C(O)=C5C)[C@]4(C)CC[C@@]3(C)[C@@H]2C1. The number of aliphatic hydroxyl groups excluding tert-OH is 1. The van der Waals surface area contributed by atoms with Crippen LogP contribution in [0.5, 0.6) is 0 Å². The predicted octanol–water partition coefficient (Wildman–Crippen LogP) is 7.59. The van der Waals surface area contributed by atoms with Gasteiger partial charge in [-0.15, -0.1) is 0 Å². The van der Waals surface area contributed by atoms with E-state index < -0.39 is 0 Å². The second-order valence-corrected chi connectivity index (χ2v) is 13.4. The van der Waals surface area contributed by atoms with Crippen molar-refractivity contribution in [2.45, 2.75) is 99.8 Å². The lowest BCUT2D eigenvalue weighted by atomic mass is 9.34. The van der Waals surface area contributed by atoms with Crippen molar-refractivity contribution in [3.63, 3.8) is 0 Å². The minimum Gasteiger partial charge on any atom is -0.504 e. The third-order valence-corrected chi connectivity index (χ3v) is 11.9. The number of hydrogen-bond acceptors (Lipinski definition) is 3. The van der Waals surface area contributed by atoms with E-state index in [9.17, 15) is 14.7 Å². The minimum absolute atomic E-state index is 0.0146. The highest BCUT2D eigenvalue weighted by atomic mass is 16.3. The molecule has 1 N–H and O–H groups in total. The number of allylic oxidation sites excluding steroid dienone is 7. The maximum atomic E-state index is 13.1. The highest BCUT2D eigenvalue weighted by molar-refractivity contribution is 6.06. The monoisotopic (exact) mass is 462 g/mol. The van der Waals surface area contributed by atoms with E-state index in [-0.39, 0.29) is 38.6 Å². The molecule has 5 aliphatic carbocycles. The summed E-state index contributed by atoms with van der Waals surface area (Å²) in [5.41, 5.74) is 4.30. The minimum atomic E-state index is -0.261. The number of Topliss-reactive ketones (excluding diaryl/α,β-unsaturated/α-hetero) is 1. The van der Waals surface area contributed by atoms with Crippen molar-refractivity contribution in [2.24, 2.45) is 33.0 Å². The molecule has 0 bridgehead atoms. The molecule has 0 unspecified atom stereocenters. The molecule has 0 aromatic carbocycles. The Hall–Kier alpha value is -1.90. The molecule has 184 valence electrons. The Morgan fingerprint density at radius 2 is 1.68 bits per heavy atom. The van der Waals surface area contributed by atoms with Gasteiger partial charge in [-0.2, -0.15) is 0 Å². The van der Waals surface area contributed by atoms with E-state index in [0.29, 0.717) is 23.7 Å². The quantitative estimate of drug-likeness (QED) is 0.460. The second kappa shape index (κ2) is 7.08. The van der Waals surface area contributed by atoms with Gasteiger partial charge in [-0.3, -0.25) is 9.59 Å². The van der Waals surface area contributed by atoms with E-state index in [0.717, 1.165) is 49.7 Å². The van der Waals surface area contributed by atoms with Crippen LogP contribution in [0.4, 0.5) is 0 Å². The van der Waals surface area contributed by atoms with Gasteiger partial charge in [0.15, 0.2) is 5.76 Å². The molecule has 0 amide bonds. The van der Waals surface area contributed by atoms with E-state index in [1.165, 1.54) is 12.0 Å². The molecule has 0 aliphatic heterocycles. The van der Waals surface area contributed by atoms with Crippen molar-refractivity contribution in [3.8, 4) is 0 Å². The van der Waals surface area contributed by atoms with Crippen LogP contribution in [-0.4, -0.2) is 16.7 Å². The summed E-state index contributed by atoms with van der Waals surface area (Å²) in [6.45, 7) is 15.9. The van der Waals surface area contributed by atoms with Gasteiger partial charge < -0.3 is 5.11 Å². The Morgan fingerprint density at radius 3 is 2.35 bits per heavy atom. The Balaban J connectivity index is 1.63. The summed E-state index contributed by atoms with van der Waals surface area (Å²) in [5, 5.41) is 10.3. The summed E-state index contributed by atoms with van der Waals surface area (Å²) >= 11 is 0. The molecule has 34 heavy (non-hydrogen) atoms. The number of fused-ring (bicyclic) bond motifs is 7. The first-order chi connectivity index (χ1) is 15.8. The van der Waals surface area contributed by atoms with Crippen LogP contribution in [-0.2, 0) is 9.59 Å². The van der Waals surface area contributed by atoms with E-state index >= 15 is 0 Å². The van der Waals surface area contributed by atoms with Crippen LogP contribution in [0.3, 0.4) is 0 Å². The summed E-state index contributed by atoms with van der Waals surface area (Å²) in [6.07, 6.45) is 14.4. The fourth-order valence-electron chi connectivity index (χ4n) is 9.14. The van der Waals surface area contributed by atoms with Gasteiger partial charge in [-0.1, -0.05) is 59.3 Å². The van der Waals surface area contributed by atoms with Gasteiger partial charge in [-0.25, -0.2) is 0 Å². The Morgan fingerprint density at radius 1 is 1.00 bits per heavy atom. The molecule has 3 fully saturated rings. The predicted molar refractivity (Wildman–Crippen MR) is 136 cm³/mol. The van der Waals surface area contributed by atoms with E-state index in [4.69, 9.17) is 0 Å². The molecule has 3 saturated carbocycles. The normalized spacial score (nSPS) is 45.8. The maximum absolute atomic E-state index is 13.1. The molecule has 0 heterocycles. The number of carbonyl (C=O) groups is 2. The van der Waals surface area contributed by atoms with Crippen molar-refractivity contribution < 1.29 is 14.7 Å². The van der Waals surface area contributed by atoms with Crippen LogP contribution >= 0.6 is 0 Å². The number of rotatable bonds is 2. The smallest absolute Gasteiger partial charge is 0.220 e. The van der Waals surface area contributed by atoms with Crippen molar-refractivity contribution in [3.05, 3.63) is 46.3 Å². The largest absolute Gasteiger partial charge is 0.504 e.